The highest BCUT2D eigenvalue weighted by atomic mass is 35.5. The number of aromatic nitrogens is 1. The summed E-state index contributed by atoms with van der Waals surface area (Å²) in [5, 5.41) is 3.62. The Hall–Kier alpha value is -2.93. The number of benzene rings is 1. The third-order valence-electron chi connectivity index (χ3n) is 7.14. The van der Waals surface area contributed by atoms with Crippen molar-refractivity contribution in [1.29, 1.82) is 0 Å². The van der Waals surface area contributed by atoms with Gasteiger partial charge in [0.1, 0.15) is 17.0 Å². The molecule has 0 radical (unpaired) electrons. The molecule has 174 valence electrons. The van der Waals surface area contributed by atoms with Crippen molar-refractivity contribution in [1.82, 2.24) is 9.88 Å². The van der Waals surface area contributed by atoms with Gasteiger partial charge in [-0.3, -0.25) is 14.5 Å². The van der Waals surface area contributed by atoms with Gasteiger partial charge in [0.2, 0.25) is 5.91 Å². The summed E-state index contributed by atoms with van der Waals surface area (Å²) in [5.74, 6) is 0.745. The standard InChI is InChI=1S/C25H28ClN3O4/c1-15-4-6-16(7-5-15)27-24(31)25(2)14-28-19-10-11-33-22(19)13-20(28)23(30)29(25)17-8-9-21(32-3)18(26)12-17/h8-13,15-16H,4-7,14H2,1-3H3,(H,27,31)/t15?,16?,25-/m0/s1. The molecular weight excluding hydrogens is 442 g/mol. The van der Waals surface area contributed by atoms with E-state index in [9.17, 15) is 9.59 Å². The van der Waals surface area contributed by atoms with Crippen LogP contribution in [-0.2, 0) is 11.3 Å². The van der Waals surface area contributed by atoms with E-state index in [0.717, 1.165) is 31.2 Å². The van der Waals surface area contributed by atoms with Crippen molar-refractivity contribution >= 4 is 40.2 Å². The van der Waals surface area contributed by atoms with Crippen LogP contribution in [-0.4, -0.2) is 35.1 Å². The number of hydrogen-bond donors (Lipinski definition) is 1. The van der Waals surface area contributed by atoms with Crippen LogP contribution >= 0.6 is 11.6 Å². The Morgan fingerprint density at radius 3 is 2.67 bits per heavy atom. The molecule has 5 rings (SSSR count). The maximum Gasteiger partial charge on any atom is 0.276 e. The Morgan fingerprint density at radius 1 is 1.21 bits per heavy atom. The van der Waals surface area contributed by atoms with Gasteiger partial charge in [-0.15, -0.1) is 0 Å². The number of ether oxygens (including phenoxy) is 1. The number of anilines is 1. The molecule has 1 aliphatic heterocycles. The summed E-state index contributed by atoms with van der Waals surface area (Å²) >= 11 is 6.40. The van der Waals surface area contributed by atoms with Crippen LogP contribution in [0.5, 0.6) is 5.75 Å². The fourth-order valence-electron chi connectivity index (χ4n) is 5.16. The second kappa shape index (κ2) is 8.13. The van der Waals surface area contributed by atoms with Crippen molar-refractivity contribution in [3.63, 3.8) is 0 Å². The molecule has 2 aromatic heterocycles. The third-order valence-corrected chi connectivity index (χ3v) is 7.43. The van der Waals surface area contributed by atoms with Crippen molar-refractivity contribution in [3.8, 4) is 5.75 Å². The molecule has 0 unspecified atom stereocenters. The first kappa shape index (κ1) is 21.9. The molecule has 1 fully saturated rings. The van der Waals surface area contributed by atoms with E-state index in [-0.39, 0.29) is 17.9 Å². The molecule has 7 nitrogen and oxygen atoms in total. The normalized spacial score (nSPS) is 25.2. The van der Waals surface area contributed by atoms with E-state index in [1.54, 1.807) is 35.4 Å². The van der Waals surface area contributed by atoms with Gasteiger partial charge in [0.15, 0.2) is 5.58 Å². The number of furan rings is 1. The van der Waals surface area contributed by atoms with Crippen molar-refractivity contribution < 1.29 is 18.7 Å². The average Bonchev–Trinajstić information content (AvgIpc) is 3.38. The minimum atomic E-state index is -1.16. The van der Waals surface area contributed by atoms with Crippen LogP contribution in [0.25, 0.3) is 11.1 Å². The zero-order valence-corrected chi connectivity index (χ0v) is 19.8. The predicted octanol–water partition coefficient (Wildman–Crippen LogP) is 5.01. The van der Waals surface area contributed by atoms with Crippen molar-refractivity contribution in [2.45, 2.75) is 57.7 Å². The highest BCUT2D eigenvalue weighted by Gasteiger charge is 2.49. The van der Waals surface area contributed by atoms with Gasteiger partial charge in [0.05, 0.1) is 30.5 Å². The number of nitrogens with one attached hydrogen (secondary N) is 1. The highest BCUT2D eigenvalue weighted by molar-refractivity contribution is 6.32. The van der Waals surface area contributed by atoms with E-state index >= 15 is 0 Å². The molecule has 1 N–H and O–H groups in total. The molecule has 33 heavy (non-hydrogen) atoms. The lowest BCUT2D eigenvalue weighted by molar-refractivity contribution is -0.127. The van der Waals surface area contributed by atoms with Gasteiger partial charge in [-0.25, -0.2) is 0 Å². The zero-order chi connectivity index (χ0) is 23.3. The summed E-state index contributed by atoms with van der Waals surface area (Å²) in [6.45, 7) is 4.37. The lowest BCUT2D eigenvalue weighted by Gasteiger charge is -2.44. The first-order valence-corrected chi connectivity index (χ1v) is 11.8. The molecule has 8 heteroatoms. The van der Waals surface area contributed by atoms with Gasteiger partial charge in [-0.05, 0) is 56.7 Å². The number of halogens is 1. The summed E-state index contributed by atoms with van der Waals surface area (Å²) in [6.07, 6.45) is 5.68. The molecule has 0 saturated heterocycles. The minimum absolute atomic E-state index is 0.113. The van der Waals surface area contributed by atoms with E-state index in [4.69, 9.17) is 20.8 Å². The molecule has 1 aliphatic carbocycles. The lowest BCUT2D eigenvalue weighted by atomic mass is 9.86. The van der Waals surface area contributed by atoms with Crippen LogP contribution in [0.15, 0.2) is 41.0 Å². The van der Waals surface area contributed by atoms with Crippen molar-refractivity contribution in [3.05, 3.63) is 47.3 Å². The third kappa shape index (κ3) is 3.59. The van der Waals surface area contributed by atoms with E-state index in [1.807, 2.05) is 17.6 Å². The van der Waals surface area contributed by atoms with Crippen molar-refractivity contribution in [2.24, 2.45) is 5.92 Å². The number of carbonyl (C=O) groups excluding carboxylic acids is 2. The van der Waals surface area contributed by atoms with Crippen LogP contribution in [0.4, 0.5) is 5.69 Å². The summed E-state index contributed by atoms with van der Waals surface area (Å²) in [5.41, 5.74) is 1.29. The zero-order valence-electron chi connectivity index (χ0n) is 19.1. The highest BCUT2D eigenvalue weighted by Crippen LogP contribution is 2.39. The maximum atomic E-state index is 13.8. The second-order valence-corrected chi connectivity index (χ2v) is 9.86. The Bertz CT molecular complexity index is 1220. The Morgan fingerprint density at radius 2 is 1.97 bits per heavy atom. The van der Waals surface area contributed by atoms with Crippen LogP contribution in [0.1, 0.15) is 50.0 Å². The summed E-state index contributed by atoms with van der Waals surface area (Å²) in [7, 11) is 1.54. The van der Waals surface area contributed by atoms with Gasteiger partial charge in [-0.1, -0.05) is 18.5 Å². The quantitative estimate of drug-likeness (QED) is 0.582. The molecule has 3 aromatic rings. The topological polar surface area (TPSA) is 76.7 Å². The number of carbonyl (C=O) groups is 2. The van der Waals surface area contributed by atoms with Gasteiger partial charge in [0.25, 0.3) is 5.91 Å². The second-order valence-electron chi connectivity index (χ2n) is 9.45. The van der Waals surface area contributed by atoms with E-state index < -0.39 is 5.54 Å². The number of nitrogens with zero attached hydrogens (tertiary/aromatic N) is 2. The Kier molecular flexibility index (Phi) is 5.40. The Balaban J connectivity index is 1.57. The Labute approximate surface area is 197 Å². The van der Waals surface area contributed by atoms with Crippen LogP contribution < -0.4 is 15.0 Å². The fraction of sp³-hybridized carbons (Fsp3) is 0.440. The van der Waals surface area contributed by atoms with Crippen LogP contribution in [0.2, 0.25) is 5.02 Å². The summed E-state index contributed by atoms with van der Waals surface area (Å²) in [4.78, 5) is 29.2. The lowest BCUT2D eigenvalue weighted by Crippen LogP contribution is -2.65. The number of hydrogen-bond acceptors (Lipinski definition) is 4. The number of amides is 2. The monoisotopic (exact) mass is 469 g/mol. The molecule has 0 spiro atoms. The van der Waals surface area contributed by atoms with E-state index in [1.165, 1.54) is 7.11 Å². The van der Waals surface area contributed by atoms with Gasteiger partial charge in [0, 0.05) is 23.9 Å². The van der Waals surface area contributed by atoms with Crippen LogP contribution in [0, 0.1) is 5.92 Å². The molecule has 1 saturated carbocycles. The summed E-state index contributed by atoms with van der Waals surface area (Å²) in [6, 6.07) is 8.82. The smallest absolute Gasteiger partial charge is 0.276 e. The number of fused-ring (bicyclic) bond motifs is 3. The number of rotatable bonds is 4. The van der Waals surface area contributed by atoms with Gasteiger partial charge < -0.3 is 19.0 Å². The largest absolute Gasteiger partial charge is 0.495 e. The molecule has 2 amide bonds. The first-order chi connectivity index (χ1) is 15.8. The van der Waals surface area contributed by atoms with Gasteiger partial charge >= 0.3 is 0 Å². The molecule has 2 aliphatic rings. The number of methoxy groups -OCH3 is 1. The summed E-state index contributed by atoms with van der Waals surface area (Å²) < 4.78 is 12.7. The molecule has 1 atom stereocenters. The molecule has 3 heterocycles. The van der Waals surface area contributed by atoms with Crippen molar-refractivity contribution in [2.75, 3.05) is 12.0 Å². The molecule has 0 bridgehead atoms. The average molecular weight is 470 g/mol. The van der Waals surface area contributed by atoms with Gasteiger partial charge in [-0.2, -0.15) is 0 Å². The van der Waals surface area contributed by atoms with E-state index in [0.29, 0.717) is 40.2 Å². The van der Waals surface area contributed by atoms with E-state index in [2.05, 4.69) is 12.2 Å². The predicted molar refractivity (Wildman–Crippen MR) is 127 cm³/mol. The van der Waals surface area contributed by atoms with Crippen LogP contribution in [0.3, 0.4) is 0 Å². The fourth-order valence-corrected chi connectivity index (χ4v) is 5.41. The maximum absolute atomic E-state index is 13.8. The SMILES string of the molecule is COc1ccc(N2C(=O)c3cc4occc4n3C[C@@]2(C)C(=O)NC2CCC(C)CC2)cc1Cl. The minimum Gasteiger partial charge on any atom is -0.495 e. The first-order valence-electron chi connectivity index (χ1n) is 11.4. The molecular formula is C25H28ClN3O4. The molecule has 1 aromatic carbocycles.